The Morgan fingerprint density at radius 1 is 1.02 bits per heavy atom. The summed E-state index contributed by atoms with van der Waals surface area (Å²) in [5.41, 5.74) is 5.41. The summed E-state index contributed by atoms with van der Waals surface area (Å²) in [5, 5.41) is 22.2. The predicted molar refractivity (Wildman–Crippen MR) is 191 cm³/mol. The molecule has 0 aromatic heterocycles. The fraction of sp³-hybridized carbons (Fsp3) is 0.405. The molecule has 1 saturated heterocycles. The second kappa shape index (κ2) is 13.7. The third kappa shape index (κ3) is 6.85. The van der Waals surface area contributed by atoms with Crippen LogP contribution in [-0.2, 0) is 18.9 Å². The van der Waals surface area contributed by atoms with Crippen molar-refractivity contribution in [3.8, 4) is 5.75 Å². The van der Waals surface area contributed by atoms with Crippen molar-refractivity contribution in [3.63, 3.8) is 0 Å². The third-order valence-corrected chi connectivity index (χ3v) is 16.6. The molecule has 244 valence electrons. The van der Waals surface area contributed by atoms with Gasteiger partial charge in [-0.05, 0) is 88.5 Å². The summed E-state index contributed by atoms with van der Waals surface area (Å²) < 4.78 is 40.5. The van der Waals surface area contributed by atoms with Gasteiger partial charge in [-0.15, -0.1) is 0 Å². The van der Waals surface area contributed by atoms with Crippen LogP contribution in [0.4, 0.5) is 0 Å². The van der Waals surface area contributed by atoms with Gasteiger partial charge in [0.25, 0.3) is 8.32 Å². The highest BCUT2D eigenvalue weighted by molar-refractivity contribution is 7.92. The summed E-state index contributed by atoms with van der Waals surface area (Å²) in [6, 6.07) is 24.7. The Balaban J connectivity index is 1.50. The van der Waals surface area contributed by atoms with Crippen LogP contribution in [0.5, 0.6) is 5.75 Å². The van der Waals surface area contributed by atoms with Crippen LogP contribution in [0.3, 0.4) is 0 Å². The fourth-order valence-corrected chi connectivity index (χ4v) is 14.0. The lowest BCUT2D eigenvalue weighted by Gasteiger charge is -2.43. The summed E-state index contributed by atoms with van der Waals surface area (Å²) in [5.74, 6) is 0.230. The molecular weight excluding hydrogens is 611 g/mol. The van der Waals surface area contributed by atoms with Crippen LogP contribution in [0.15, 0.2) is 89.5 Å². The molecule has 6 nitrogen and oxygen atoms in total. The van der Waals surface area contributed by atoms with E-state index in [1.807, 2.05) is 62.4 Å². The van der Waals surface area contributed by atoms with Gasteiger partial charge in [-0.1, -0.05) is 100 Å². The van der Waals surface area contributed by atoms with Crippen LogP contribution >= 0.6 is 0 Å². The lowest BCUT2D eigenvalue weighted by molar-refractivity contribution is 0.168. The standard InChI is InChI=1S/C37H47BO6SSi/c1-7-28(22-29-20-26(2)36(39)27(3)21-29)18-19-33-35-30(25-45(41,42)34(35)23-38(40)44-33)24-43-46(37(4,5)6,31-14-10-8-11-15-31)32-16-12-9-13-17-32/h8-17,20-22,33-34,39-40H,7,18-19,23-25H2,1-6H3/b28-22+/t33-,34+/m1/s1. The molecule has 0 unspecified atom stereocenters. The first-order valence-corrected chi connectivity index (χ1v) is 19.9. The zero-order valence-corrected chi connectivity index (χ0v) is 29.7. The molecule has 0 saturated carbocycles. The molecule has 3 aromatic rings. The Morgan fingerprint density at radius 2 is 1.59 bits per heavy atom. The first kappa shape index (κ1) is 34.4. The molecule has 0 aliphatic carbocycles. The van der Waals surface area contributed by atoms with Crippen molar-refractivity contribution >= 4 is 41.7 Å². The Hall–Kier alpha value is -2.95. The molecule has 0 spiro atoms. The van der Waals surface area contributed by atoms with E-state index in [0.29, 0.717) is 18.6 Å². The van der Waals surface area contributed by atoms with E-state index in [-0.39, 0.29) is 23.7 Å². The van der Waals surface area contributed by atoms with E-state index in [1.165, 1.54) is 5.57 Å². The van der Waals surface area contributed by atoms with Crippen LogP contribution in [0.2, 0.25) is 11.4 Å². The molecule has 2 N–H and O–H groups in total. The number of aromatic hydroxyl groups is 1. The van der Waals surface area contributed by atoms with Crippen molar-refractivity contribution in [2.75, 3.05) is 12.4 Å². The predicted octanol–water partition coefficient (Wildman–Crippen LogP) is 6.13. The van der Waals surface area contributed by atoms with E-state index in [9.17, 15) is 18.5 Å². The number of sulfone groups is 1. The van der Waals surface area contributed by atoms with Crippen molar-refractivity contribution in [1.29, 1.82) is 0 Å². The third-order valence-electron chi connectivity index (χ3n) is 9.59. The average molecular weight is 659 g/mol. The van der Waals surface area contributed by atoms with E-state index < -0.39 is 36.6 Å². The number of phenols is 1. The number of benzene rings is 3. The summed E-state index contributed by atoms with van der Waals surface area (Å²) in [6.45, 7) is 12.7. The van der Waals surface area contributed by atoms with Gasteiger partial charge in [0.05, 0.1) is 23.7 Å². The van der Waals surface area contributed by atoms with Gasteiger partial charge in [-0.2, -0.15) is 0 Å². The molecule has 2 atom stereocenters. The van der Waals surface area contributed by atoms with Gasteiger partial charge in [0, 0.05) is 6.32 Å². The van der Waals surface area contributed by atoms with Gasteiger partial charge in [0.15, 0.2) is 9.84 Å². The monoisotopic (exact) mass is 658 g/mol. The SMILES string of the molecule is CC/C(=C\c1cc(C)c(O)c(C)c1)CC[C@H]1OB(O)C[C@H]2C1=C(CO[Si](c1ccccc1)(c1ccccc1)C(C)(C)C)CS2(=O)=O. The first-order chi connectivity index (χ1) is 21.8. The minimum Gasteiger partial charge on any atom is -0.507 e. The van der Waals surface area contributed by atoms with E-state index in [2.05, 4.69) is 58.0 Å². The molecule has 0 radical (unpaired) electrons. The molecule has 2 aliphatic rings. The zero-order valence-electron chi connectivity index (χ0n) is 27.9. The number of rotatable bonds is 10. The Bertz CT molecular complexity index is 1650. The normalized spacial score (nSPS) is 20.2. The number of aryl methyl sites for hydroxylation is 2. The van der Waals surface area contributed by atoms with Gasteiger partial charge in [0.2, 0.25) is 0 Å². The van der Waals surface area contributed by atoms with Crippen molar-refractivity contribution in [2.24, 2.45) is 0 Å². The highest BCUT2D eigenvalue weighted by Gasteiger charge is 2.52. The van der Waals surface area contributed by atoms with E-state index >= 15 is 0 Å². The van der Waals surface area contributed by atoms with Crippen molar-refractivity contribution < 1.29 is 27.6 Å². The zero-order chi connectivity index (χ0) is 33.3. The van der Waals surface area contributed by atoms with Gasteiger partial charge >= 0.3 is 7.12 Å². The van der Waals surface area contributed by atoms with Gasteiger partial charge in [0.1, 0.15) is 5.75 Å². The molecule has 0 bridgehead atoms. The van der Waals surface area contributed by atoms with E-state index in [0.717, 1.165) is 44.6 Å². The van der Waals surface area contributed by atoms with Crippen LogP contribution in [0.25, 0.3) is 6.08 Å². The molecule has 2 heterocycles. The highest BCUT2D eigenvalue weighted by Crippen LogP contribution is 2.42. The topological polar surface area (TPSA) is 93.1 Å². The van der Waals surface area contributed by atoms with Crippen molar-refractivity contribution in [3.05, 3.63) is 106 Å². The maximum Gasteiger partial charge on any atom is 0.456 e. The van der Waals surface area contributed by atoms with Gasteiger partial charge < -0.3 is 19.2 Å². The van der Waals surface area contributed by atoms with E-state index in [1.54, 1.807) is 0 Å². The number of phenolic OH excluding ortho intramolecular Hbond substituents is 1. The summed E-state index contributed by atoms with van der Waals surface area (Å²) >= 11 is 0. The molecule has 3 aromatic carbocycles. The van der Waals surface area contributed by atoms with Crippen LogP contribution < -0.4 is 10.4 Å². The maximum absolute atomic E-state index is 13.6. The number of hydrogen-bond donors (Lipinski definition) is 2. The molecule has 9 heteroatoms. The smallest absolute Gasteiger partial charge is 0.456 e. The van der Waals surface area contributed by atoms with Crippen LogP contribution in [0, 0.1) is 13.8 Å². The van der Waals surface area contributed by atoms with Crippen molar-refractivity contribution in [2.45, 2.75) is 83.5 Å². The molecule has 5 rings (SSSR count). The number of fused-ring (bicyclic) bond motifs is 1. The van der Waals surface area contributed by atoms with Crippen LogP contribution in [0.1, 0.15) is 63.6 Å². The lowest BCUT2D eigenvalue weighted by Crippen LogP contribution is -2.66. The summed E-state index contributed by atoms with van der Waals surface area (Å²) in [6.07, 6.45) is 3.71. The number of hydrogen-bond acceptors (Lipinski definition) is 6. The minimum atomic E-state index is -3.52. The largest absolute Gasteiger partial charge is 0.507 e. The molecule has 1 fully saturated rings. The Morgan fingerprint density at radius 3 is 2.11 bits per heavy atom. The molecule has 2 aliphatic heterocycles. The minimum absolute atomic E-state index is 0.0411. The molecular formula is C37H47BO6SSi. The summed E-state index contributed by atoms with van der Waals surface area (Å²) in [7, 11) is -7.56. The van der Waals surface area contributed by atoms with Gasteiger partial charge in [-0.3, -0.25) is 0 Å². The number of allylic oxidation sites excluding steroid dienone is 1. The average Bonchev–Trinajstić information content (AvgIpc) is 3.27. The first-order valence-electron chi connectivity index (χ1n) is 16.3. The Kier molecular flexibility index (Phi) is 10.2. The maximum atomic E-state index is 13.6. The van der Waals surface area contributed by atoms with E-state index in [4.69, 9.17) is 9.08 Å². The molecule has 0 amide bonds. The Labute approximate surface area is 276 Å². The molecule has 46 heavy (non-hydrogen) atoms. The summed E-state index contributed by atoms with van der Waals surface area (Å²) in [4.78, 5) is 0. The quantitative estimate of drug-likeness (QED) is 0.201. The highest BCUT2D eigenvalue weighted by atomic mass is 32.2. The van der Waals surface area contributed by atoms with Crippen LogP contribution in [-0.4, -0.2) is 57.7 Å². The second-order valence-corrected chi connectivity index (χ2v) is 20.3. The fourth-order valence-electron chi connectivity index (χ4n) is 7.34. The van der Waals surface area contributed by atoms with Gasteiger partial charge in [-0.25, -0.2) is 8.42 Å². The second-order valence-electron chi connectivity index (χ2n) is 13.8. The lowest BCUT2D eigenvalue weighted by atomic mass is 9.74. The van der Waals surface area contributed by atoms with Crippen molar-refractivity contribution in [1.82, 2.24) is 0 Å².